The van der Waals surface area contributed by atoms with Crippen molar-refractivity contribution >= 4 is 33.7 Å². The first kappa shape index (κ1) is 23.7. The summed E-state index contributed by atoms with van der Waals surface area (Å²) in [6, 6.07) is 7.59. The van der Waals surface area contributed by atoms with Crippen LogP contribution in [0.15, 0.2) is 52.3 Å². The van der Waals surface area contributed by atoms with Gasteiger partial charge in [-0.1, -0.05) is 17.7 Å². The van der Waals surface area contributed by atoms with E-state index in [0.29, 0.717) is 28.4 Å². The molecule has 0 aliphatic heterocycles. The number of ether oxygens (including phenoxy) is 1. The van der Waals surface area contributed by atoms with Gasteiger partial charge in [0, 0.05) is 30.6 Å². The number of rotatable bonds is 7. The van der Waals surface area contributed by atoms with E-state index >= 15 is 0 Å². The number of hydrogen-bond donors (Lipinski definition) is 1. The van der Waals surface area contributed by atoms with Gasteiger partial charge in [0.2, 0.25) is 5.88 Å². The first-order valence-corrected chi connectivity index (χ1v) is 11.5. The number of carbonyl (C=O) groups excluding carboxylic acids is 1. The van der Waals surface area contributed by atoms with Crippen LogP contribution in [0.3, 0.4) is 0 Å². The number of pyridine rings is 1. The van der Waals surface area contributed by atoms with E-state index in [1.165, 1.54) is 22.7 Å². The number of hydrogen-bond acceptors (Lipinski definition) is 6. The van der Waals surface area contributed by atoms with Crippen molar-refractivity contribution in [1.82, 2.24) is 19.3 Å². The molecule has 3 aromatic heterocycles. The van der Waals surface area contributed by atoms with E-state index in [2.05, 4.69) is 10.3 Å². The SMILES string of the molecule is CCOc1cc(CNC(=O)c2cn3c(=O)n(Cc4ccc(Cl)c(F)c4)c(=O)c(C)c3s2)ccn1. The minimum atomic E-state index is -0.637. The van der Waals surface area contributed by atoms with Crippen molar-refractivity contribution in [1.29, 1.82) is 0 Å². The van der Waals surface area contributed by atoms with E-state index < -0.39 is 17.1 Å². The van der Waals surface area contributed by atoms with Crippen LogP contribution in [0.5, 0.6) is 5.88 Å². The highest BCUT2D eigenvalue weighted by Gasteiger charge is 2.18. The summed E-state index contributed by atoms with van der Waals surface area (Å²) < 4.78 is 21.4. The summed E-state index contributed by atoms with van der Waals surface area (Å²) in [5, 5.41) is 2.75. The number of thiazole rings is 1. The number of amides is 1. The molecule has 1 N–H and O–H groups in total. The van der Waals surface area contributed by atoms with Crippen LogP contribution in [0.2, 0.25) is 5.02 Å². The van der Waals surface area contributed by atoms with Gasteiger partial charge in [-0.3, -0.25) is 18.6 Å². The lowest BCUT2D eigenvalue weighted by Crippen LogP contribution is -2.38. The lowest BCUT2D eigenvalue weighted by atomic mass is 10.2. The number of nitrogens with zero attached hydrogens (tertiary/aromatic N) is 3. The second kappa shape index (κ2) is 9.78. The smallest absolute Gasteiger partial charge is 0.336 e. The van der Waals surface area contributed by atoms with Crippen molar-refractivity contribution in [2.24, 2.45) is 0 Å². The van der Waals surface area contributed by atoms with Gasteiger partial charge in [0.05, 0.1) is 18.2 Å². The molecule has 0 aliphatic carbocycles. The minimum absolute atomic E-state index is 0.0474. The Morgan fingerprint density at radius 2 is 2.03 bits per heavy atom. The number of carbonyl (C=O) groups is 1. The molecule has 0 unspecified atom stereocenters. The fourth-order valence-corrected chi connectivity index (χ4v) is 4.51. The van der Waals surface area contributed by atoms with Crippen molar-refractivity contribution in [3.8, 4) is 5.88 Å². The molecule has 0 saturated carbocycles. The zero-order valence-electron chi connectivity index (χ0n) is 18.3. The monoisotopic (exact) mass is 502 g/mol. The largest absolute Gasteiger partial charge is 0.478 e. The highest BCUT2D eigenvalue weighted by Crippen LogP contribution is 2.19. The molecule has 0 atom stereocenters. The lowest BCUT2D eigenvalue weighted by molar-refractivity contribution is 0.0954. The second-order valence-corrected chi connectivity index (χ2v) is 8.87. The van der Waals surface area contributed by atoms with E-state index in [1.54, 1.807) is 31.3 Å². The van der Waals surface area contributed by atoms with Gasteiger partial charge in [0.15, 0.2) is 0 Å². The van der Waals surface area contributed by atoms with Gasteiger partial charge >= 0.3 is 5.69 Å². The summed E-state index contributed by atoms with van der Waals surface area (Å²) in [6.45, 7) is 4.02. The zero-order chi connectivity index (χ0) is 24.4. The minimum Gasteiger partial charge on any atom is -0.478 e. The van der Waals surface area contributed by atoms with E-state index in [4.69, 9.17) is 16.3 Å². The van der Waals surface area contributed by atoms with Crippen LogP contribution < -0.4 is 21.3 Å². The van der Waals surface area contributed by atoms with Crippen LogP contribution >= 0.6 is 22.9 Å². The number of halogens is 2. The van der Waals surface area contributed by atoms with Gasteiger partial charge in [-0.05, 0) is 43.2 Å². The third kappa shape index (κ3) is 4.73. The predicted molar refractivity (Wildman–Crippen MR) is 128 cm³/mol. The Bertz CT molecular complexity index is 1510. The lowest BCUT2D eigenvalue weighted by Gasteiger charge is -2.08. The summed E-state index contributed by atoms with van der Waals surface area (Å²) in [6.07, 6.45) is 3.00. The molecule has 0 spiro atoms. The Morgan fingerprint density at radius 3 is 2.76 bits per heavy atom. The number of aromatic nitrogens is 3. The molecule has 0 radical (unpaired) electrons. The van der Waals surface area contributed by atoms with Gasteiger partial charge in [-0.25, -0.2) is 14.2 Å². The Balaban J connectivity index is 1.61. The van der Waals surface area contributed by atoms with Crippen molar-refractivity contribution in [2.75, 3.05) is 6.61 Å². The average Bonchev–Trinajstić information content (AvgIpc) is 3.28. The zero-order valence-corrected chi connectivity index (χ0v) is 19.9. The van der Waals surface area contributed by atoms with Crippen LogP contribution in [-0.2, 0) is 13.1 Å². The highest BCUT2D eigenvalue weighted by molar-refractivity contribution is 7.19. The molecular formula is C23H20ClFN4O4S. The Labute approximate surface area is 202 Å². The molecule has 34 heavy (non-hydrogen) atoms. The van der Waals surface area contributed by atoms with Crippen molar-refractivity contribution in [3.63, 3.8) is 0 Å². The summed E-state index contributed by atoms with van der Waals surface area (Å²) in [5.74, 6) is -0.561. The van der Waals surface area contributed by atoms with Crippen molar-refractivity contribution in [3.05, 3.63) is 96.0 Å². The Kier molecular flexibility index (Phi) is 6.80. The summed E-state index contributed by atoms with van der Waals surface area (Å²) >= 11 is 6.76. The number of nitrogens with one attached hydrogen (secondary N) is 1. The Morgan fingerprint density at radius 1 is 1.24 bits per heavy atom. The second-order valence-electron chi connectivity index (χ2n) is 7.44. The van der Waals surface area contributed by atoms with Gasteiger partial charge in [-0.2, -0.15) is 0 Å². The van der Waals surface area contributed by atoms with Crippen LogP contribution in [0.25, 0.3) is 4.83 Å². The molecule has 4 rings (SSSR count). The molecule has 0 bridgehead atoms. The molecule has 1 aromatic carbocycles. The van der Waals surface area contributed by atoms with Gasteiger partial charge in [-0.15, -0.1) is 11.3 Å². The molecule has 1 amide bonds. The fraction of sp³-hybridized carbons (Fsp3) is 0.217. The molecule has 8 nitrogen and oxygen atoms in total. The quantitative estimate of drug-likeness (QED) is 0.418. The van der Waals surface area contributed by atoms with Crippen LogP contribution in [-0.4, -0.2) is 26.5 Å². The molecule has 176 valence electrons. The average molecular weight is 503 g/mol. The van der Waals surface area contributed by atoms with Crippen LogP contribution in [0.4, 0.5) is 4.39 Å². The summed E-state index contributed by atoms with van der Waals surface area (Å²) in [4.78, 5) is 43.4. The summed E-state index contributed by atoms with van der Waals surface area (Å²) in [7, 11) is 0. The molecule has 4 aromatic rings. The number of benzene rings is 1. The molecule has 0 aliphatic rings. The maximum Gasteiger partial charge on any atom is 0.336 e. The number of aryl methyl sites for hydroxylation is 1. The van der Waals surface area contributed by atoms with Crippen molar-refractivity contribution in [2.45, 2.75) is 26.9 Å². The first-order valence-electron chi connectivity index (χ1n) is 10.3. The van der Waals surface area contributed by atoms with E-state index in [1.807, 2.05) is 6.92 Å². The molecular weight excluding hydrogens is 483 g/mol. The topological polar surface area (TPSA) is 94.7 Å². The van der Waals surface area contributed by atoms with Crippen LogP contribution in [0.1, 0.15) is 33.3 Å². The third-order valence-electron chi connectivity index (χ3n) is 5.09. The van der Waals surface area contributed by atoms with E-state index in [0.717, 1.165) is 21.5 Å². The van der Waals surface area contributed by atoms with Gasteiger partial charge < -0.3 is 10.1 Å². The predicted octanol–water partition coefficient (Wildman–Crippen LogP) is 3.40. The Hall–Kier alpha value is -3.50. The number of fused-ring (bicyclic) bond motifs is 1. The normalized spacial score (nSPS) is 11.1. The summed E-state index contributed by atoms with van der Waals surface area (Å²) in [5.41, 5.74) is 0.406. The molecule has 0 saturated heterocycles. The highest BCUT2D eigenvalue weighted by atomic mass is 35.5. The van der Waals surface area contributed by atoms with E-state index in [9.17, 15) is 18.8 Å². The standard InChI is InChI=1S/C23H20ClFN4O4S/c1-3-33-19-9-14(6-7-26-19)10-27-20(30)18-12-29-22(34-18)13(2)21(31)28(23(29)32)11-15-4-5-16(24)17(25)8-15/h4-9,12H,3,10-11H2,1-2H3,(H,27,30). The van der Waals surface area contributed by atoms with Gasteiger partial charge in [0.25, 0.3) is 11.5 Å². The maximum atomic E-state index is 13.8. The maximum absolute atomic E-state index is 13.8. The molecule has 3 heterocycles. The van der Waals surface area contributed by atoms with E-state index in [-0.39, 0.29) is 28.9 Å². The first-order chi connectivity index (χ1) is 16.3. The fourth-order valence-electron chi connectivity index (χ4n) is 3.39. The van der Waals surface area contributed by atoms with Gasteiger partial charge in [0.1, 0.15) is 15.5 Å². The third-order valence-corrected chi connectivity index (χ3v) is 6.60. The molecule has 0 fully saturated rings. The van der Waals surface area contributed by atoms with Crippen molar-refractivity contribution < 1.29 is 13.9 Å². The molecule has 11 heteroatoms. The van der Waals surface area contributed by atoms with Crippen LogP contribution in [0, 0.1) is 12.7 Å².